The maximum atomic E-state index is 12.5. The highest BCUT2D eigenvalue weighted by Gasteiger charge is 2.39. The molecule has 0 spiro atoms. The molecule has 0 radical (unpaired) electrons. The first-order valence-corrected chi connectivity index (χ1v) is 8.48. The third-order valence-corrected chi connectivity index (χ3v) is 5.46. The number of sulfonamides is 1. The number of rotatable bonds is 4. The lowest BCUT2D eigenvalue weighted by Gasteiger charge is -2.34. The van der Waals surface area contributed by atoms with Gasteiger partial charge < -0.3 is 4.74 Å². The van der Waals surface area contributed by atoms with Crippen LogP contribution in [0.15, 0.2) is 29.2 Å². The second-order valence-corrected chi connectivity index (χ2v) is 7.36. The number of hydrogen-bond acceptors (Lipinski definition) is 4. The van der Waals surface area contributed by atoms with E-state index in [0.717, 1.165) is 12.8 Å². The normalized spacial score (nSPS) is 26.0. The molecule has 1 saturated carbocycles. The third-order valence-electron chi connectivity index (χ3n) is 3.91. The van der Waals surface area contributed by atoms with Crippen LogP contribution in [0.25, 0.3) is 0 Å². The largest absolute Gasteiger partial charge is 0.497 e. The van der Waals surface area contributed by atoms with E-state index in [4.69, 9.17) is 4.74 Å². The average molecular weight is 308 g/mol. The van der Waals surface area contributed by atoms with Crippen LogP contribution in [0, 0.1) is 17.2 Å². The Morgan fingerprint density at radius 3 is 2.57 bits per heavy atom. The van der Waals surface area contributed by atoms with Crippen molar-refractivity contribution in [2.24, 2.45) is 5.92 Å². The zero-order valence-electron chi connectivity index (χ0n) is 12.3. The topological polar surface area (TPSA) is 79.2 Å². The van der Waals surface area contributed by atoms with Gasteiger partial charge in [-0.05, 0) is 43.0 Å². The van der Waals surface area contributed by atoms with Crippen LogP contribution in [-0.4, -0.2) is 21.1 Å². The lowest BCUT2D eigenvalue weighted by molar-refractivity contribution is 0.270. The quantitative estimate of drug-likeness (QED) is 0.926. The summed E-state index contributed by atoms with van der Waals surface area (Å²) in [5, 5.41) is 9.45. The van der Waals surface area contributed by atoms with Crippen LogP contribution in [0.3, 0.4) is 0 Å². The molecule has 21 heavy (non-hydrogen) atoms. The van der Waals surface area contributed by atoms with E-state index in [1.54, 1.807) is 12.1 Å². The predicted octanol–water partition coefficient (Wildman–Crippen LogP) is 2.45. The van der Waals surface area contributed by atoms with E-state index in [-0.39, 0.29) is 4.90 Å². The van der Waals surface area contributed by atoms with Gasteiger partial charge in [0.2, 0.25) is 10.0 Å². The summed E-state index contributed by atoms with van der Waals surface area (Å²) in [7, 11) is -2.18. The summed E-state index contributed by atoms with van der Waals surface area (Å²) in [6.45, 7) is 2.05. The maximum absolute atomic E-state index is 12.5. The Hall–Kier alpha value is -1.58. The molecule has 1 aromatic rings. The standard InChI is InChI=1S/C15H20N2O3S/c1-12-4-3-9-15(10-12,11-16)17-21(18,19)14-7-5-13(20-2)6-8-14/h5-8,12,17H,3-4,9-10H2,1-2H3. The molecule has 1 aliphatic carbocycles. The van der Waals surface area contributed by atoms with Gasteiger partial charge in [-0.2, -0.15) is 9.98 Å². The molecule has 1 N–H and O–H groups in total. The molecule has 2 rings (SSSR count). The van der Waals surface area contributed by atoms with Crippen LogP contribution in [0.1, 0.15) is 32.6 Å². The molecule has 1 fully saturated rings. The first kappa shape index (κ1) is 15.8. The number of ether oxygens (including phenoxy) is 1. The number of nitriles is 1. The molecule has 114 valence electrons. The van der Waals surface area contributed by atoms with Crippen LogP contribution in [-0.2, 0) is 10.0 Å². The molecule has 5 nitrogen and oxygen atoms in total. The minimum Gasteiger partial charge on any atom is -0.497 e. The molecule has 1 aromatic carbocycles. The maximum Gasteiger partial charge on any atom is 0.241 e. The van der Waals surface area contributed by atoms with Crippen molar-refractivity contribution in [1.29, 1.82) is 5.26 Å². The highest BCUT2D eigenvalue weighted by atomic mass is 32.2. The van der Waals surface area contributed by atoms with Crippen LogP contribution in [0.5, 0.6) is 5.75 Å². The molecule has 0 aromatic heterocycles. The number of benzene rings is 1. The second-order valence-electron chi connectivity index (χ2n) is 5.68. The van der Waals surface area contributed by atoms with Crippen molar-refractivity contribution >= 4 is 10.0 Å². The van der Waals surface area contributed by atoms with Gasteiger partial charge in [-0.15, -0.1) is 0 Å². The van der Waals surface area contributed by atoms with Crippen molar-refractivity contribution in [2.75, 3.05) is 7.11 Å². The summed E-state index contributed by atoms with van der Waals surface area (Å²) >= 11 is 0. The fraction of sp³-hybridized carbons (Fsp3) is 0.533. The van der Waals surface area contributed by atoms with Gasteiger partial charge in [0, 0.05) is 0 Å². The van der Waals surface area contributed by atoms with E-state index in [1.165, 1.54) is 19.2 Å². The summed E-state index contributed by atoms with van der Waals surface area (Å²) in [4.78, 5) is 0.149. The molecule has 6 heteroatoms. The van der Waals surface area contributed by atoms with Crippen LogP contribution in [0.2, 0.25) is 0 Å². The van der Waals surface area contributed by atoms with E-state index in [0.29, 0.717) is 24.5 Å². The van der Waals surface area contributed by atoms with E-state index in [2.05, 4.69) is 10.8 Å². The first-order chi connectivity index (χ1) is 9.91. The van der Waals surface area contributed by atoms with Gasteiger partial charge in [-0.1, -0.05) is 19.8 Å². The fourth-order valence-corrected chi connectivity index (χ4v) is 4.20. The Morgan fingerprint density at radius 1 is 1.38 bits per heavy atom. The van der Waals surface area contributed by atoms with Gasteiger partial charge >= 0.3 is 0 Å². The summed E-state index contributed by atoms with van der Waals surface area (Å²) in [5.74, 6) is 0.937. The third kappa shape index (κ3) is 3.55. The predicted molar refractivity (Wildman–Crippen MR) is 79.3 cm³/mol. The van der Waals surface area contributed by atoms with Gasteiger partial charge in [-0.25, -0.2) is 8.42 Å². The molecular weight excluding hydrogens is 288 g/mol. The molecule has 0 aliphatic heterocycles. The fourth-order valence-electron chi connectivity index (χ4n) is 2.84. The van der Waals surface area contributed by atoms with Crippen molar-refractivity contribution in [3.63, 3.8) is 0 Å². The number of hydrogen-bond donors (Lipinski definition) is 1. The van der Waals surface area contributed by atoms with Gasteiger partial charge in [0.15, 0.2) is 0 Å². The highest BCUT2D eigenvalue weighted by molar-refractivity contribution is 7.89. The van der Waals surface area contributed by atoms with Crippen LogP contribution < -0.4 is 9.46 Å². The van der Waals surface area contributed by atoms with Gasteiger partial charge in [0.05, 0.1) is 18.1 Å². The first-order valence-electron chi connectivity index (χ1n) is 7.00. The van der Waals surface area contributed by atoms with Crippen molar-refractivity contribution in [1.82, 2.24) is 4.72 Å². The molecule has 0 amide bonds. The van der Waals surface area contributed by atoms with Gasteiger partial charge in [0.25, 0.3) is 0 Å². The van der Waals surface area contributed by atoms with Gasteiger partial charge in [0.1, 0.15) is 11.3 Å². The highest BCUT2D eigenvalue weighted by Crippen LogP contribution is 2.33. The second kappa shape index (κ2) is 6.04. The average Bonchev–Trinajstić information content (AvgIpc) is 2.47. The Bertz CT molecular complexity index is 634. The lowest BCUT2D eigenvalue weighted by atomic mass is 9.78. The molecular formula is C15H20N2O3S. The minimum absolute atomic E-state index is 0.149. The Labute approximate surface area is 126 Å². The summed E-state index contributed by atoms with van der Waals surface area (Å²) in [6, 6.07) is 8.34. The zero-order chi connectivity index (χ0) is 15.5. The monoisotopic (exact) mass is 308 g/mol. The van der Waals surface area contributed by atoms with Crippen LogP contribution >= 0.6 is 0 Å². The minimum atomic E-state index is -3.71. The van der Waals surface area contributed by atoms with Crippen molar-refractivity contribution in [3.8, 4) is 11.8 Å². The summed E-state index contributed by atoms with van der Waals surface area (Å²) in [5.41, 5.74) is -0.990. The SMILES string of the molecule is COc1ccc(S(=O)(=O)NC2(C#N)CCCC(C)C2)cc1. The smallest absolute Gasteiger partial charge is 0.241 e. The van der Waals surface area contributed by atoms with Crippen molar-refractivity contribution in [2.45, 2.75) is 43.0 Å². The molecule has 0 saturated heterocycles. The number of nitrogens with one attached hydrogen (secondary N) is 1. The van der Waals surface area contributed by atoms with Crippen LogP contribution in [0.4, 0.5) is 0 Å². The number of nitrogens with zero attached hydrogens (tertiary/aromatic N) is 1. The summed E-state index contributed by atoms with van der Waals surface area (Å²) in [6.07, 6.45) is 3.01. The Balaban J connectivity index is 2.24. The number of methoxy groups -OCH3 is 1. The molecule has 1 aliphatic rings. The molecule has 2 atom stereocenters. The molecule has 0 bridgehead atoms. The van der Waals surface area contributed by atoms with E-state index >= 15 is 0 Å². The van der Waals surface area contributed by atoms with E-state index in [1.807, 2.05) is 6.92 Å². The van der Waals surface area contributed by atoms with E-state index in [9.17, 15) is 13.7 Å². The van der Waals surface area contributed by atoms with E-state index < -0.39 is 15.6 Å². The van der Waals surface area contributed by atoms with Crippen molar-refractivity contribution < 1.29 is 13.2 Å². The van der Waals surface area contributed by atoms with Gasteiger partial charge in [-0.3, -0.25) is 0 Å². The molecule has 2 unspecified atom stereocenters. The lowest BCUT2D eigenvalue weighted by Crippen LogP contribution is -2.49. The zero-order valence-corrected chi connectivity index (χ0v) is 13.1. The van der Waals surface area contributed by atoms with Crippen molar-refractivity contribution in [3.05, 3.63) is 24.3 Å². The Morgan fingerprint density at radius 2 is 2.05 bits per heavy atom. The molecule has 0 heterocycles. The summed E-state index contributed by atoms with van der Waals surface area (Å²) < 4.78 is 32.6. The Kier molecular flexibility index (Phi) is 4.55.